The van der Waals surface area contributed by atoms with Gasteiger partial charge in [-0.1, -0.05) is 32.9 Å². The van der Waals surface area contributed by atoms with E-state index >= 15 is 0 Å². The lowest BCUT2D eigenvalue weighted by molar-refractivity contribution is -0.136. The van der Waals surface area contributed by atoms with Crippen molar-refractivity contribution < 1.29 is 14.6 Å². The number of ether oxygens (including phenoxy) is 1. The predicted octanol–water partition coefficient (Wildman–Crippen LogP) is 5.00. The number of H-pyrrole nitrogens is 1. The minimum Gasteiger partial charge on any atom is -0.508 e. The number of hydrogen-bond donors (Lipinski definition) is 3. The van der Waals surface area contributed by atoms with Crippen LogP contribution in [0.15, 0.2) is 42.6 Å². The van der Waals surface area contributed by atoms with E-state index in [0.29, 0.717) is 38.7 Å². The van der Waals surface area contributed by atoms with Gasteiger partial charge in [-0.25, -0.2) is 0 Å². The third kappa shape index (κ3) is 5.73. The number of nitrogens with one attached hydrogen (secondary N) is 2. The van der Waals surface area contributed by atoms with Crippen LogP contribution in [0.4, 0.5) is 0 Å². The zero-order chi connectivity index (χ0) is 24.1. The summed E-state index contributed by atoms with van der Waals surface area (Å²) in [6.45, 7) is 9.36. The Morgan fingerprint density at radius 2 is 2.06 bits per heavy atom. The van der Waals surface area contributed by atoms with Crippen molar-refractivity contribution in [2.45, 2.75) is 53.1 Å². The minimum atomic E-state index is -0.158. The van der Waals surface area contributed by atoms with E-state index in [2.05, 4.69) is 48.4 Å². The van der Waals surface area contributed by atoms with Gasteiger partial charge >= 0.3 is 0 Å². The van der Waals surface area contributed by atoms with Gasteiger partial charge in [-0.15, -0.1) is 0 Å². The molecule has 0 fully saturated rings. The molecule has 0 saturated carbocycles. The number of aromatic nitrogens is 1. The second kappa shape index (κ2) is 11.0. The van der Waals surface area contributed by atoms with Gasteiger partial charge in [0.15, 0.2) is 0 Å². The molecule has 2 aromatic carbocycles. The first-order valence-corrected chi connectivity index (χ1v) is 12.4. The van der Waals surface area contributed by atoms with Crippen molar-refractivity contribution in [3.63, 3.8) is 0 Å². The number of amides is 1. The van der Waals surface area contributed by atoms with Crippen LogP contribution in [0.25, 0.3) is 10.9 Å². The van der Waals surface area contributed by atoms with Crippen molar-refractivity contribution in [3.05, 3.63) is 59.3 Å². The van der Waals surface area contributed by atoms with Gasteiger partial charge in [0.2, 0.25) is 5.91 Å². The summed E-state index contributed by atoms with van der Waals surface area (Å²) < 4.78 is 5.88. The quantitative estimate of drug-likeness (QED) is 0.417. The zero-order valence-corrected chi connectivity index (χ0v) is 20.6. The van der Waals surface area contributed by atoms with E-state index < -0.39 is 0 Å². The highest BCUT2D eigenvalue weighted by Crippen LogP contribution is 2.34. The van der Waals surface area contributed by atoms with Gasteiger partial charge in [0.05, 0.1) is 6.61 Å². The van der Waals surface area contributed by atoms with Crippen molar-refractivity contribution in [1.82, 2.24) is 15.2 Å². The van der Waals surface area contributed by atoms with Gasteiger partial charge in [0.1, 0.15) is 11.5 Å². The van der Waals surface area contributed by atoms with Gasteiger partial charge in [-0.2, -0.15) is 0 Å². The standard InChI is InChI=1S/C28H37N3O3/c1-19(2)17-31(18-21-13-26(32)24-8-4-5-12-34-27(24)14-21)28(33)20(3)15-29-16-22-7-6-9-25-23(22)10-11-30-25/h6-7,9-11,13-14,19-20,29-30,32H,4-5,8,12,15-18H2,1-3H3. The number of phenolic OH excluding ortho intramolecular Hbond substituents is 1. The van der Waals surface area contributed by atoms with Crippen molar-refractivity contribution in [2.24, 2.45) is 11.8 Å². The smallest absolute Gasteiger partial charge is 0.226 e. The maximum Gasteiger partial charge on any atom is 0.226 e. The van der Waals surface area contributed by atoms with Gasteiger partial charge in [-0.05, 0) is 60.6 Å². The average molecular weight is 464 g/mol. The molecule has 2 heterocycles. The number of rotatable bonds is 9. The van der Waals surface area contributed by atoms with Crippen molar-refractivity contribution >= 4 is 16.8 Å². The molecule has 4 rings (SSSR count). The molecule has 182 valence electrons. The molecule has 3 aromatic rings. The summed E-state index contributed by atoms with van der Waals surface area (Å²) in [5, 5.41) is 15.3. The Bertz CT molecular complexity index is 1120. The molecular formula is C28H37N3O3. The first kappa shape index (κ1) is 24.1. The van der Waals surface area contributed by atoms with E-state index in [1.165, 1.54) is 10.9 Å². The Morgan fingerprint density at radius 3 is 2.88 bits per heavy atom. The second-order valence-corrected chi connectivity index (χ2v) is 9.90. The molecular weight excluding hydrogens is 426 g/mol. The summed E-state index contributed by atoms with van der Waals surface area (Å²) in [7, 11) is 0. The summed E-state index contributed by atoms with van der Waals surface area (Å²) in [5.41, 5.74) is 4.14. The number of benzene rings is 2. The Kier molecular flexibility index (Phi) is 7.78. The van der Waals surface area contributed by atoms with Crippen molar-refractivity contribution in [1.29, 1.82) is 0 Å². The molecule has 6 nitrogen and oxygen atoms in total. The highest BCUT2D eigenvalue weighted by Gasteiger charge is 2.23. The Morgan fingerprint density at radius 1 is 1.21 bits per heavy atom. The van der Waals surface area contributed by atoms with E-state index in [1.807, 2.05) is 24.1 Å². The predicted molar refractivity (Wildman–Crippen MR) is 136 cm³/mol. The SMILES string of the molecule is CC(C)CN(Cc1cc(O)c2c(c1)OCCCC2)C(=O)C(C)CNCc1cccc2[nH]ccc12. The van der Waals surface area contributed by atoms with Crippen LogP contribution in [0.5, 0.6) is 11.5 Å². The molecule has 34 heavy (non-hydrogen) atoms. The molecule has 0 saturated heterocycles. The van der Waals surface area contributed by atoms with Crippen molar-refractivity contribution in [3.8, 4) is 11.5 Å². The normalized spacial score (nSPS) is 14.5. The lowest BCUT2D eigenvalue weighted by Crippen LogP contribution is -2.40. The number of fused-ring (bicyclic) bond motifs is 2. The van der Waals surface area contributed by atoms with Gasteiger partial charge in [0.25, 0.3) is 0 Å². The fourth-order valence-corrected chi connectivity index (χ4v) is 4.76. The topological polar surface area (TPSA) is 77.6 Å². The highest BCUT2D eigenvalue weighted by molar-refractivity contribution is 5.83. The first-order valence-electron chi connectivity index (χ1n) is 12.4. The maximum absolute atomic E-state index is 13.4. The molecule has 1 atom stereocenters. The van der Waals surface area contributed by atoms with E-state index in [-0.39, 0.29) is 17.6 Å². The number of aromatic hydroxyl groups is 1. The van der Waals surface area contributed by atoms with Crippen LogP contribution in [-0.4, -0.2) is 40.6 Å². The summed E-state index contributed by atoms with van der Waals surface area (Å²) in [6, 6.07) is 12.1. The van der Waals surface area contributed by atoms with Crippen LogP contribution >= 0.6 is 0 Å². The molecule has 1 amide bonds. The third-order valence-electron chi connectivity index (χ3n) is 6.47. The third-order valence-corrected chi connectivity index (χ3v) is 6.47. The minimum absolute atomic E-state index is 0.122. The fourth-order valence-electron chi connectivity index (χ4n) is 4.76. The molecule has 0 aliphatic carbocycles. The molecule has 6 heteroatoms. The molecule has 1 unspecified atom stereocenters. The molecule has 1 aliphatic rings. The van der Waals surface area contributed by atoms with E-state index in [0.717, 1.165) is 41.7 Å². The Balaban J connectivity index is 1.41. The summed E-state index contributed by atoms with van der Waals surface area (Å²) in [4.78, 5) is 18.6. The van der Waals surface area contributed by atoms with Crippen LogP contribution in [0.2, 0.25) is 0 Å². The Labute approximate surface area is 202 Å². The largest absolute Gasteiger partial charge is 0.508 e. The maximum atomic E-state index is 13.4. The zero-order valence-electron chi connectivity index (χ0n) is 20.6. The number of carbonyl (C=O) groups is 1. The molecule has 0 radical (unpaired) electrons. The van der Waals surface area contributed by atoms with Crippen LogP contribution < -0.4 is 10.1 Å². The first-order chi connectivity index (χ1) is 16.4. The highest BCUT2D eigenvalue weighted by atomic mass is 16.5. The van der Waals surface area contributed by atoms with Crippen LogP contribution in [0, 0.1) is 11.8 Å². The molecule has 3 N–H and O–H groups in total. The Hall–Kier alpha value is -2.99. The van der Waals surface area contributed by atoms with Crippen molar-refractivity contribution in [2.75, 3.05) is 19.7 Å². The van der Waals surface area contributed by atoms with Gasteiger partial charge < -0.3 is 25.0 Å². The molecule has 0 spiro atoms. The number of phenols is 1. The number of aromatic amines is 1. The summed E-state index contributed by atoms with van der Waals surface area (Å²) in [6.07, 6.45) is 4.79. The van der Waals surface area contributed by atoms with Gasteiger partial charge in [0, 0.05) is 54.8 Å². The fraction of sp³-hybridized carbons (Fsp3) is 0.464. The number of nitrogens with zero attached hydrogens (tertiary/aromatic N) is 1. The summed E-state index contributed by atoms with van der Waals surface area (Å²) in [5.74, 6) is 1.35. The van der Waals surface area contributed by atoms with Crippen LogP contribution in [0.3, 0.4) is 0 Å². The number of carbonyl (C=O) groups excluding carboxylic acids is 1. The molecule has 1 aromatic heterocycles. The molecule has 1 aliphatic heterocycles. The van der Waals surface area contributed by atoms with Crippen LogP contribution in [0.1, 0.15) is 50.3 Å². The van der Waals surface area contributed by atoms with E-state index in [4.69, 9.17) is 4.74 Å². The van der Waals surface area contributed by atoms with Crippen LogP contribution in [-0.2, 0) is 24.3 Å². The second-order valence-electron chi connectivity index (χ2n) is 9.90. The number of hydrogen-bond acceptors (Lipinski definition) is 4. The average Bonchev–Trinajstić information content (AvgIpc) is 3.16. The van der Waals surface area contributed by atoms with E-state index in [9.17, 15) is 9.90 Å². The lowest BCUT2D eigenvalue weighted by atomic mass is 10.0. The van der Waals surface area contributed by atoms with Gasteiger partial charge in [-0.3, -0.25) is 4.79 Å². The monoisotopic (exact) mass is 463 g/mol. The lowest BCUT2D eigenvalue weighted by Gasteiger charge is -2.28. The molecule has 0 bridgehead atoms. The van der Waals surface area contributed by atoms with E-state index in [1.54, 1.807) is 6.07 Å². The summed E-state index contributed by atoms with van der Waals surface area (Å²) >= 11 is 0.